The van der Waals surface area contributed by atoms with Crippen LogP contribution in [0.5, 0.6) is 0 Å². The molecule has 3 heteroatoms. The highest BCUT2D eigenvalue weighted by Crippen LogP contribution is 2.60. The molecule has 1 heterocycles. The van der Waals surface area contributed by atoms with Crippen molar-refractivity contribution < 1.29 is 4.79 Å². The number of hydrogen-bond acceptors (Lipinski definition) is 2. The first-order valence-electron chi connectivity index (χ1n) is 6.81. The molecule has 16 heavy (non-hydrogen) atoms. The third kappa shape index (κ3) is 2.10. The highest BCUT2D eigenvalue weighted by Gasteiger charge is 2.53. The van der Waals surface area contributed by atoms with Crippen molar-refractivity contribution in [2.45, 2.75) is 51.0 Å². The lowest BCUT2D eigenvalue weighted by Crippen LogP contribution is -2.48. The van der Waals surface area contributed by atoms with Crippen molar-refractivity contribution in [2.75, 3.05) is 13.1 Å². The first kappa shape index (κ1) is 10.6. The van der Waals surface area contributed by atoms with E-state index in [1.165, 1.54) is 38.5 Å². The van der Waals surface area contributed by atoms with E-state index in [0.717, 1.165) is 25.4 Å². The van der Waals surface area contributed by atoms with Gasteiger partial charge in [0, 0.05) is 6.54 Å². The van der Waals surface area contributed by atoms with Gasteiger partial charge in [0.05, 0.1) is 6.04 Å². The molecule has 0 aromatic heterocycles. The molecule has 0 unspecified atom stereocenters. The molecule has 2 aliphatic carbocycles. The lowest BCUT2D eigenvalue weighted by Gasteiger charge is -2.24. The van der Waals surface area contributed by atoms with Crippen LogP contribution in [0, 0.1) is 11.3 Å². The van der Waals surface area contributed by atoms with E-state index in [0.29, 0.717) is 5.41 Å². The standard InChI is InChI=1S/C13H22N2O/c16-12(11-3-1-2-8-14-11)15-9-13(6-7-13)10-4-5-10/h10-11,14H,1-9H2,(H,15,16)/t11-/m0/s1. The lowest BCUT2D eigenvalue weighted by atomic mass is 10.00. The maximum atomic E-state index is 11.9. The molecule has 3 nitrogen and oxygen atoms in total. The number of hydrogen-bond donors (Lipinski definition) is 2. The Labute approximate surface area is 97.4 Å². The molecule has 1 atom stereocenters. The minimum atomic E-state index is 0.0868. The molecule has 3 fully saturated rings. The van der Waals surface area contributed by atoms with Gasteiger partial charge in [-0.1, -0.05) is 6.42 Å². The second-order valence-electron chi connectivity index (χ2n) is 5.86. The summed E-state index contributed by atoms with van der Waals surface area (Å²) in [6.07, 6.45) is 8.91. The fourth-order valence-electron chi connectivity index (χ4n) is 3.05. The number of piperidine rings is 1. The molecule has 1 saturated heterocycles. The van der Waals surface area contributed by atoms with E-state index < -0.39 is 0 Å². The summed E-state index contributed by atoms with van der Waals surface area (Å²) in [5.74, 6) is 1.18. The second kappa shape index (κ2) is 4.02. The Balaban J connectivity index is 1.45. The van der Waals surface area contributed by atoms with Gasteiger partial charge in [0.15, 0.2) is 0 Å². The van der Waals surface area contributed by atoms with Gasteiger partial charge in [-0.2, -0.15) is 0 Å². The lowest BCUT2D eigenvalue weighted by molar-refractivity contribution is -0.124. The zero-order chi connectivity index (χ0) is 11.0. The van der Waals surface area contributed by atoms with Crippen LogP contribution in [-0.2, 0) is 4.79 Å². The molecule has 0 spiro atoms. The highest BCUT2D eigenvalue weighted by molar-refractivity contribution is 5.81. The summed E-state index contributed by atoms with van der Waals surface area (Å²) in [5, 5.41) is 6.48. The molecule has 90 valence electrons. The Morgan fingerprint density at radius 1 is 1.25 bits per heavy atom. The van der Waals surface area contributed by atoms with Crippen molar-refractivity contribution in [1.29, 1.82) is 0 Å². The number of nitrogens with one attached hydrogen (secondary N) is 2. The Kier molecular flexibility index (Phi) is 2.66. The number of carbonyl (C=O) groups is 1. The van der Waals surface area contributed by atoms with E-state index in [4.69, 9.17) is 0 Å². The van der Waals surface area contributed by atoms with Gasteiger partial charge in [0.2, 0.25) is 5.91 Å². The third-order valence-electron chi connectivity index (χ3n) is 4.58. The summed E-state index contributed by atoms with van der Waals surface area (Å²) in [7, 11) is 0. The van der Waals surface area contributed by atoms with Gasteiger partial charge in [-0.05, 0) is 56.4 Å². The topological polar surface area (TPSA) is 41.1 Å². The maximum Gasteiger partial charge on any atom is 0.237 e. The zero-order valence-corrected chi connectivity index (χ0v) is 9.93. The van der Waals surface area contributed by atoms with Crippen LogP contribution in [-0.4, -0.2) is 25.0 Å². The van der Waals surface area contributed by atoms with Crippen LogP contribution in [0.3, 0.4) is 0 Å². The smallest absolute Gasteiger partial charge is 0.237 e. The molecular weight excluding hydrogens is 200 g/mol. The van der Waals surface area contributed by atoms with E-state index in [2.05, 4.69) is 10.6 Å². The van der Waals surface area contributed by atoms with Crippen molar-refractivity contribution in [3.8, 4) is 0 Å². The summed E-state index contributed by atoms with van der Waals surface area (Å²) in [6, 6.07) is 0.0868. The fourth-order valence-corrected chi connectivity index (χ4v) is 3.05. The Hall–Kier alpha value is -0.570. The summed E-state index contributed by atoms with van der Waals surface area (Å²) < 4.78 is 0. The molecule has 2 N–H and O–H groups in total. The molecule has 2 saturated carbocycles. The number of rotatable bonds is 4. The van der Waals surface area contributed by atoms with Gasteiger partial charge >= 0.3 is 0 Å². The average molecular weight is 222 g/mol. The van der Waals surface area contributed by atoms with E-state index in [9.17, 15) is 4.79 Å². The molecular formula is C13H22N2O. The Morgan fingerprint density at radius 3 is 2.62 bits per heavy atom. The quantitative estimate of drug-likeness (QED) is 0.755. The van der Waals surface area contributed by atoms with Crippen LogP contribution in [0.4, 0.5) is 0 Å². The molecule has 0 aromatic carbocycles. The van der Waals surface area contributed by atoms with Gasteiger partial charge < -0.3 is 10.6 Å². The largest absolute Gasteiger partial charge is 0.354 e. The van der Waals surface area contributed by atoms with Gasteiger partial charge in [-0.3, -0.25) is 4.79 Å². The normalized spacial score (nSPS) is 32.1. The van der Waals surface area contributed by atoms with Gasteiger partial charge in [0.25, 0.3) is 0 Å². The van der Waals surface area contributed by atoms with Crippen LogP contribution in [0.25, 0.3) is 0 Å². The fraction of sp³-hybridized carbons (Fsp3) is 0.923. The summed E-state index contributed by atoms with van der Waals surface area (Å²) in [6.45, 7) is 1.94. The maximum absolute atomic E-state index is 11.9. The number of amides is 1. The van der Waals surface area contributed by atoms with Crippen LogP contribution in [0.2, 0.25) is 0 Å². The van der Waals surface area contributed by atoms with E-state index >= 15 is 0 Å². The van der Waals surface area contributed by atoms with Gasteiger partial charge in [0.1, 0.15) is 0 Å². The van der Waals surface area contributed by atoms with Crippen LogP contribution >= 0.6 is 0 Å². The van der Waals surface area contributed by atoms with E-state index in [1.807, 2.05) is 0 Å². The Bertz CT molecular complexity index is 276. The Morgan fingerprint density at radius 2 is 2.06 bits per heavy atom. The predicted octanol–water partition coefficient (Wildman–Crippen LogP) is 1.43. The second-order valence-corrected chi connectivity index (χ2v) is 5.86. The summed E-state index contributed by atoms with van der Waals surface area (Å²) in [4.78, 5) is 11.9. The minimum absolute atomic E-state index is 0.0868. The van der Waals surface area contributed by atoms with Crippen molar-refractivity contribution >= 4 is 5.91 Å². The molecule has 0 radical (unpaired) electrons. The zero-order valence-electron chi connectivity index (χ0n) is 9.93. The molecule has 3 rings (SSSR count). The van der Waals surface area contributed by atoms with Crippen LogP contribution in [0.1, 0.15) is 44.9 Å². The first-order chi connectivity index (χ1) is 7.80. The molecule has 3 aliphatic rings. The van der Waals surface area contributed by atoms with Gasteiger partial charge in [-0.25, -0.2) is 0 Å². The van der Waals surface area contributed by atoms with E-state index in [1.54, 1.807) is 0 Å². The molecule has 1 amide bonds. The monoisotopic (exact) mass is 222 g/mol. The minimum Gasteiger partial charge on any atom is -0.354 e. The molecule has 0 aromatic rings. The third-order valence-corrected chi connectivity index (χ3v) is 4.58. The van der Waals surface area contributed by atoms with Crippen LogP contribution < -0.4 is 10.6 Å². The number of carbonyl (C=O) groups excluding carboxylic acids is 1. The first-order valence-corrected chi connectivity index (χ1v) is 6.81. The van der Waals surface area contributed by atoms with Crippen molar-refractivity contribution in [1.82, 2.24) is 10.6 Å². The SMILES string of the molecule is O=C(NCC1(C2CC2)CC1)[C@@H]1CCCCN1. The average Bonchev–Trinajstić information content (AvgIpc) is 3.17. The predicted molar refractivity (Wildman–Crippen MR) is 63.0 cm³/mol. The van der Waals surface area contributed by atoms with Crippen molar-refractivity contribution in [2.24, 2.45) is 11.3 Å². The summed E-state index contributed by atoms with van der Waals surface area (Å²) >= 11 is 0. The van der Waals surface area contributed by atoms with Crippen LogP contribution in [0.15, 0.2) is 0 Å². The highest BCUT2D eigenvalue weighted by atomic mass is 16.2. The molecule has 0 bridgehead atoms. The van der Waals surface area contributed by atoms with Crippen molar-refractivity contribution in [3.63, 3.8) is 0 Å². The van der Waals surface area contributed by atoms with Crippen molar-refractivity contribution in [3.05, 3.63) is 0 Å². The summed E-state index contributed by atoms with van der Waals surface area (Å²) in [5.41, 5.74) is 0.532. The van der Waals surface area contributed by atoms with E-state index in [-0.39, 0.29) is 11.9 Å². The molecule has 1 aliphatic heterocycles. The van der Waals surface area contributed by atoms with Gasteiger partial charge in [-0.15, -0.1) is 0 Å².